The maximum Gasteiger partial charge on any atom is 0.236 e. The van der Waals surface area contributed by atoms with Gasteiger partial charge < -0.3 is 15.4 Å². The standard InChI is InChI=1S/C15H28N2O2S/c1-4-5-6-9-17(12(2)3)14(18)15(13(16)20)7-10-19-11-8-15/h12H,4-11H2,1-3H3,(H2,16,20). The zero-order valence-corrected chi connectivity index (χ0v) is 13.8. The van der Waals surface area contributed by atoms with Gasteiger partial charge in [-0.15, -0.1) is 0 Å². The number of unbranched alkanes of at least 4 members (excludes halogenated alkanes) is 2. The zero-order chi connectivity index (χ0) is 15.2. The largest absolute Gasteiger partial charge is 0.392 e. The molecule has 0 saturated carbocycles. The quantitative estimate of drug-likeness (QED) is 0.580. The third kappa shape index (κ3) is 3.92. The number of hydrogen-bond acceptors (Lipinski definition) is 3. The van der Waals surface area contributed by atoms with Gasteiger partial charge >= 0.3 is 0 Å². The smallest absolute Gasteiger partial charge is 0.236 e. The Labute approximate surface area is 128 Å². The van der Waals surface area contributed by atoms with Crippen molar-refractivity contribution in [3.63, 3.8) is 0 Å². The van der Waals surface area contributed by atoms with Crippen LogP contribution in [0, 0.1) is 5.41 Å². The first-order chi connectivity index (χ1) is 9.45. The molecule has 1 amide bonds. The van der Waals surface area contributed by atoms with Crippen molar-refractivity contribution in [2.45, 2.75) is 58.9 Å². The number of nitrogens with zero attached hydrogens (tertiary/aromatic N) is 1. The predicted molar refractivity (Wildman–Crippen MR) is 85.6 cm³/mol. The van der Waals surface area contributed by atoms with E-state index in [0.717, 1.165) is 25.8 Å². The minimum Gasteiger partial charge on any atom is -0.392 e. The average molecular weight is 300 g/mol. The first-order valence-electron chi connectivity index (χ1n) is 7.64. The number of amides is 1. The van der Waals surface area contributed by atoms with Gasteiger partial charge in [0.2, 0.25) is 5.91 Å². The van der Waals surface area contributed by atoms with Crippen molar-refractivity contribution < 1.29 is 9.53 Å². The lowest BCUT2D eigenvalue weighted by Gasteiger charge is -2.40. The summed E-state index contributed by atoms with van der Waals surface area (Å²) >= 11 is 5.22. The van der Waals surface area contributed by atoms with Crippen LogP contribution in [-0.4, -0.2) is 41.6 Å². The van der Waals surface area contributed by atoms with E-state index in [1.54, 1.807) is 0 Å². The van der Waals surface area contributed by atoms with Gasteiger partial charge in [0.05, 0.1) is 4.99 Å². The molecule has 1 rings (SSSR count). The van der Waals surface area contributed by atoms with Gasteiger partial charge in [0.15, 0.2) is 0 Å². The van der Waals surface area contributed by atoms with Gasteiger partial charge in [0.1, 0.15) is 5.41 Å². The highest BCUT2D eigenvalue weighted by Crippen LogP contribution is 2.34. The summed E-state index contributed by atoms with van der Waals surface area (Å²) in [4.78, 5) is 15.3. The first-order valence-corrected chi connectivity index (χ1v) is 8.05. The Bertz CT molecular complexity index is 339. The molecule has 0 aliphatic carbocycles. The molecule has 0 spiro atoms. The molecule has 4 nitrogen and oxygen atoms in total. The highest BCUT2D eigenvalue weighted by atomic mass is 32.1. The topological polar surface area (TPSA) is 55.6 Å². The van der Waals surface area contributed by atoms with Crippen molar-refractivity contribution in [1.29, 1.82) is 0 Å². The van der Waals surface area contributed by atoms with Crippen LogP contribution >= 0.6 is 12.2 Å². The second-order valence-corrected chi connectivity index (χ2v) is 6.30. The summed E-state index contributed by atoms with van der Waals surface area (Å²) in [5.41, 5.74) is 5.23. The van der Waals surface area contributed by atoms with E-state index < -0.39 is 5.41 Å². The molecule has 1 aliphatic rings. The molecule has 0 aromatic heterocycles. The molecule has 1 heterocycles. The molecule has 0 atom stereocenters. The molecular formula is C15H28N2O2S. The van der Waals surface area contributed by atoms with Crippen LogP contribution < -0.4 is 5.73 Å². The molecule has 2 N–H and O–H groups in total. The summed E-state index contributed by atoms with van der Waals surface area (Å²) in [6, 6.07) is 0.174. The van der Waals surface area contributed by atoms with Crippen LogP contribution in [0.1, 0.15) is 52.9 Å². The van der Waals surface area contributed by atoms with E-state index >= 15 is 0 Å². The highest BCUT2D eigenvalue weighted by molar-refractivity contribution is 7.80. The lowest BCUT2D eigenvalue weighted by molar-refractivity contribution is -0.144. The third-order valence-electron chi connectivity index (χ3n) is 4.11. The Hall–Kier alpha value is -0.680. The Balaban J connectivity index is 2.86. The van der Waals surface area contributed by atoms with Crippen LogP contribution in [0.25, 0.3) is 0 Å². The van der Waals surface area contributed by atoms with Crippen LogP contribution in [0.3, 0.4) is 0 Å². The number of carbonyl (C=O) groups excluding carboxylic acids is 1. The minimum atomic E-state index is -0.690. The van der Waals surface area contributed by atoms with Crippen molar-refractivity contribution in [3.05, 3.63) is 0 Å². The summed E-state index contributed by atoms with van der Waals surface area (Å²) in [6.07, 6.45) is 4.54. The first kappa shape index (κ1) is 17.4. The highest BCUT2D eigenvalue weighted by Gasteiger charge is 2.45. The van der Waals surface area contributed by atoms with Crippen LogP contribution in [0.15, 0.2) is 0 Å². The molecule has 1 aliphatic heterocycles. The summed E-state index contributed by atoms with van der Waals surface area (Å²) < 4.78 is 5.38. The van der Waals surface area contributed by atoms with Gasteiger partial charge in [-0.25, -0.2) is 0 Å². The van der Waals surface area contributed by atoms with Crippen LogP contribution in [0.4, 0.5) is 0 Å². The fourth-order valence-corrected chi connectivity index (χ4v) is 2.98. The van der Waals surface area contributed by atoms with E-state index in [1.807, 2.05) is 4.90 Å². The molecule has 0 radical (unpaired) electrons. The van der Waals surface area contributed by atoms with E-state index in [1.165, 1.54) is 0 Å². The monoisotopic (exact) mass is 300 g/mol. The molecule has 0 aromatic carbocycles. The molecule has 0 bridgehead atoms. The summed E-state index contributed by atoms with van der Waals surface area (Å²) in [7, 11) is 0. The second kappa shape index (κ2) is 7.93. The zero-order valence-electron chi connectivity index (χ0n) is 13.0. The third-order valence-corrected chi connectivity index (χ3v) is 4.50. The van der Waals surface area contributed by atoms with E-state index in [0.29, 0.717) is 31.0 Å². The summed E-state index contributed by atoms with van der Waals surface area (Å²) in [5, 5.41) is 0. The molecule has 1 saturated heterocycles. The van der Waals surface area contributed by atoms with Gasteiger partial charge in [0, 0.05) is 25.8 Å². The Morgan fingerprint density at radius 2 is 1.95 bits per heavy atom. The van der Waals surface area contributed by atoms with E-state index in [-0.39, 0.29) is 11.9 Å². The van der Waals surface area contributed by atoms with Gasteiger partial charge in [-0.1, -0.05) is 32.0 Å². The Morgan fingerprint density at radius 1 is 1.35 bits per heavy atom. The van der Waals surface area contributed by atoms with Gasteiger partial charge in [-0.2, -0.15) is 0 Å². The number of rotatable bonds is 7. The molecule has 0 aromatic rings. The van der Waals surface area contributed by atoms with Crippen LogP contribution in [0.5, 0.6) is 0 Å². The molecule has 1 fully saturated rings. The average Bonchev–Trinajstić information content (AvgIpc) is 2.43. The van der Waals surface area contributed by atoms with Crippen molar-refractivity contribution in [2.24, 2.45) is 11.1 Å². The predicted octanol–water partition coefficient (Wildman–Crippen LogP) is 2.50. The van der Waals surface area contributed by atoms with Crippen LogP contribution in [0.2, 0.25) is 0 Å². The fourth-order valence-electron chi connectivity index (χ4n) is 2.69. The number of hydrogen-bond donors (Lipinski definition) is 1. The SMILES string of the molecule is CCCCCN(C(=O)C1(C(N)=S)CCOCC1)C(C)C. The fraction of sp³-hybridized carbons (Fsp3) is 0.867. The van der Waals surface area contributed by atoms with Crippen molar-refractivity contribution in [1.82, 2.24) is 4.90 Å². The molecule has 0 unspecified atom stereocenters. The van der Waals surface area contributed by atoms with Crippen molar-refractivity contribution >= 4 is 23.1 Å². The Kier molecular flexibility index (Phi) is 6.89. The maximum absolute atomic E-state index is 13.0. The molecule has 116 valence electrons. The lowest BCUT2D eigenvalue weighted by atomic mass is 9.78. The Morgan fingerprint density at radius 3 is 2.40 bits per heavy atom. The van der Waals surface area contributed by atoms with Crippen molar-refractivity contribution in [2.75, 3.05) is 19.8 Å². The van der Waals surface area contributed by atoms with Crippen molar-refractivity contribution in [3.8, 4) is 0 Å². The molecule has 5 heteroatoms. The van der Waals surface area contributed by atoms with Gasteiger partial charge in [-0.3, -0.25) is 4.79 Å². The number of carbonyl (C=O) groups is 1. The minimum absolute atomic E-state index is 0.0967. The number of nitrogens with two attached hydrogens (primary N) is 1. The van der Waals surface area contributed by atoms with E-state index in [4.69, 9.17) is 22.7 Å². The van der Waals surface area contributed by atoms with Gasteiger partial charge in [-0.05, 0) is 33.1 Å². The van der Waals surface area contributed by atoms with Gasteiger partial charge in [0.25, 0.3) is 0 Å². The normalized spacial score (nSPS) is 18.0. The second-order valence-electron chi connectivity index (χ2n) is 5.86. The maximum atomic E-state index is 13.0. The number of thiocarbonyl (C=S) groups is 1. The lowest BCUT2D eigenvalue weighted by Crippen LogP contribution is -2.55. The van der Waals surface area contributed by atoms with E-state index in [9.17, 15) is 4.79 Å². The van der Waals surface area contributed by atoms with Crippen LogP contribution in [-0.2, 0) is 9.53 Å². The molecule has 20 heavy (non-hydrogen) atoms. The summed E-state index contributed by atoms with van der Waals surface area (Å²) in [6.45, 7) is 8.17. The summed E-state index contributed by atoms with van der Waals surface area (Å²) in [5.74, 6) is 0.0967. The van der Waals surface area contributed by atoms with E-state index in [2.05, 4.69) is 20.8 Å². The molecular weight excluding hydrogens is 272 g/mol. The number of ether oxygens (including phenoxy) is 1.